The van der Waals surface area contributed by atoms with Crippen LogP contribution in [0.3, 0.4) is 0 Å². The molecule has 120 valence electrons. The van der Waals surface area contributed by atoms with Crippen molar-refractivity contribution in [1.82, 2.24) is 20.1 Å². The molecule has 6 nitrogen and oxygen atoms in total. The molecule has 2 aromatic heterocycles. The maximum absolute atomic E-state index is 5.85. The van der Waals surface area contributed by atoms with Crippen LogP contribution in [0.1, 0.15) is 25.8 Å². The maximum Gasteiger partial charge on any atom is 0.188 e. The minimum Gasteiger partial charge on any atom is -0.370 e. The highest BCUT2D eigenvalue weighted by molar-refractivity contribution is 14.0. The molecule has 0 radical (unpaired) electrons. The highest BCUT2D eigenvalue weighted by Gasteiger charge is 2.00. The Bertz CT molecular complexity index is 579. The van der Waals surface area contributed by atoms with Crippen molar-refractivity contribution in [3.8, 4) is 5.82 Å². The number of nitrogens with two attached hydrogens (primary N) is 1. The summed E-state index contributed by atoms with van der Waals surface area (Å²) >= 11 is 0. The summed E-state index contributed by atoms with van der Waals surface area (Å²) in [6, 6.07) is 5.75. The number of nitrogens with zero attached hydrogens (tertiary/aromatic N) is 4. The molecule has 0 saturated heterocycles. The van der Waals surface area contributed by atoms with Gasteiger partial charge in [-0.25, -0.2) is 14.7 Å². The van der Waals surface area contributed by atoms with Gasteiger partial charge in [0.15, 0.2) is 11.8 Å². The molecule has 0 unspecified atom stereocenters. The van der Waals surface area contributed by atoms with Gasteiger partial charge in [0.1, 0.15) is 0 Å². The number of nitrogens with one attached hydrogen (secondary N) is 1. The summed E-state index contributed by atoms with van der Waals surface area (Å²) in [4.78, 5) is 8.62. The first-order valence-corrected chi connectivity index (χ1v) is 7.14. The summed E-state index contributed by atoms with van der Waals surface area (Å²) in [5.41, 5.74) is 6.89. The summed E-state index contributed by atoms with van der Waals surface area (Å²) in [7, 11) is 0. The van der Waals surface area contributed by atoms with Crippen LogP contribution in [0.4, 0.5) is 0 Å². The first-order chi connectivity index (χ1) is 10.1. The SMILES string of the molecule is CC(C)CCNC(N)=NCc1ccnc(-n2cccn2)c1.I. The second-order valence-electron chi connectivity index (χ2n) is 5.28. The Balaban J connectivity index is 0.00000242. The van der Waals surface area contributed by atoms with E-state index in [9.17, 15) is 0 Å². The molecule has 0 aliphatic rings. The Morgan fingerprint density at radius 1 is 1.41 bits per heavy atom. The zero-order valence-electron chi connectivity index (χ0n) is 12.9. The van der Waals surface area contributed by atoms with Crippen LogP contribution < -0.4 is 11.1 Å². The lowest BCUT2D eigenvalue weighted by Crippen LogP contribution is -2.32. The number of rotatable bonds is 6. The predicted octanol–water partition coefficient (Wildman–Crippen LogP) is 2.34. The second-order valence-corrected chi connectivity index (χ2v) is 5.28. The first kappa shape index (κ1) is 18.4. The fourth-order valence-electron chi connectivity index (χ4n) is 1.81. The molecule has 0 atom stereocenters. The molecular weight excluding hydrogens is 391 g/mol. The number of hydrogen-bond acceptors (Lipinski definition) is 3. The molecule has 0 bridgehead atoms. The van der Waals surface area contributed by atoms with Crippen LogP contribution in [0.5, 0.6) is 0 Å². The summed E-state index contributed by atoms with van der Waals surface area (Å²) in [5, 5.41) is 7.28. The van der Waals surface area contributed by atoms with Gasteiger partial charge in [-0.3, -0.25) is 0 Å². The van der Waals surface area contributed by atoms with Crippen LogP contribution in [0, 0.1) is 5.92 Å². The largest absolute Gasteiger partial charge is 0.370 e. The molecule has 0 amide bonds. The molecular formula is C15H23IN6. The van der Waals surface area contributed by atoms with Crippen molar-refractivity contribution < 1.29 is 0 Å². The normalized spacial score (nSPS) is 11.3. The minimum atomic E-state index is 0. The van der Waals surface area contributed by atoms with Gasteiger partial charge in [-0.15, -0.1) is 24.0 Å². The highest BCUT2D eigenvalue weighted by Crippen LogP contribution is 2.07. The van der Waals surface area contributed by atoms with Gasteiger partial charge in [0.25, 0.3) is 0 Å². The molecule has 22 heavy (non-hydrogen) atoms. The van der Waals surface area contributed by atoms with Gasteiger partial charge in [0, 0.05) is 25.1 Å². The number of aromatic nitrogens is 3. The maximum atomic E-state index is 5.85. The molecule has 0 aliphatic carbocycles. The average molecular weight is 414 g/mol. The van der Waals surface area contributed by atoms with E-state index in [1.54, 1.807) is 17.1 Å². The standard InChI is InChI=1S/C15H22N6.HI/c1-12(2)4-7-18-15(16)19-11-13-5-8-17-14(10-13)21-9-3-6-20-21;/h3,5-6,8-10,12H,4,7,11H2,1-2H3,(H3,16,18,19);1H. The zero-order chi connectivity index (χ0) is 15.1. The van der Waals surface area contributed by atoms with Crippen LogP contribution in [-0.2, 0) is 6.54 Å². The summed E-state index contributed by atoms with van der Waals surface area (Å²) in [6.07, 6.45) is 6.42. The van der Waals surface area contributed by atoms with Crippen LogP contribution >= 0.6 is 24.0 Å². The van der Waals surface area contributed by atoms with E-state index in [0.29, 0.717) is 18.4 Å². The Hall–Kier alpha value is -1.64. The number of pyridine rings is 1. The van der Waals surface area contributed by atoms with Crippen molar-refractivity contribution in [1.29, 1.82) is 0 Å². The quantitative estimate of drug-likeness (QED) is 0.432. The van der Waals surface area contributed by atoms with E-state index in [0.717, 1.165) is 24.3 Å². The van der Waals surface area contributed by atoms with E-state index in [1.165, 1.54) is 0 Å². The van der Waals surface area contributed by atoms with E-state index in [1.807, 2.05) is 24.4 Å². The third-order valence-electron chi connectivity index (χ3n) is 3.01. The molecule has 0 fully saturated rings. The van der Waals surface area contributed by atoms with Crippen molar-refractivity contribution in [2.75, 3.05) is 6.54 Å². The van der Waals surface area contributed by atoms with Gasteiger partial charge >= 0.3 is 0 Å². The van der Waals surface area contributed by atoms with Gasteiger partial charge in [0.2, 0.25) is 0 Å². The molecule has 0 saturated carbocycles. The van der Waals surface area contributed by atoms with E-state index in [-0.39, 0.29) is 24.0 Å². The highest BCUT2D eigenvalue weighted by atomic mass is 127. The fraction of sp³-hybridized carbons (Fsp3) is 0.400. The van der Waals surface area contributed by atoms with Crippen molar-refractivity contribution in [3.05, 3.63) is 42.4 Å². The Kier molecular flexibility index (Phi) is 7.86. The monoisotopic (exact) mass is 414 g/mol. The number of hydrogen-bond donors (Lipinski definition) is 2. The van der Waals surface area contributed by atoms with Crippen molar-refractivity contribution in [2.45, 2.75) is 26.8 Å². The summed E-state index contributed by atoms with van der Waals surface area (Å²) < 4.78 is 1.72. The van der Waals surface area contributed by atoms with E-state index in [4.69, 9.17) is 5.73 Å². The molecule has 0 spiro atoms. The lowest BCUT2D eigenvalue weighted by Gasteiger charge is -2.07. The van der Waals surface area contributed by atoms with Gasteiger partial charge in [-0.1, -0.05) is 13.8 Å². The zero-order valence-corrected chi connectivity index (χ0v) is 15.3. The second kappa shape index (κ2) is 9.39. The van der Waals surface area contributed by atoms with Crippen LogP contribution in [0.2, 0.25) is 0 Å². The number of guanidine groups is 1. The summed E-state index contributed by atoms with van der Waals surface area (Å²) in [5.74, 6) is 1.91. The molecule has 0 aromatic carbocycles. The van der Waals surface area contributed by atoms with Crippen molar-refractivity contribution in [2.24, 2.45) is 16.6 Å². The third kappa shape index (κ3) is 6.00. The number of halogens is 1. The van der Waals surface area contributed by atoms with E-state index in [2.05, 4.69) is 34.2 Å². The van der Waals surface area contributed by atoms with Crippen LogP contribution in [0.25, 0.3) is 5.82 Å². The Labute approximate surface area is 148 Å². The van der Waals surface area contributed by atoms with Crippen molar-refractivity contribution >= 4 is 29.9 Å². The lowest BCUT2D eigenvalue weighted by atomic mass is 10.1. The van der Waals surface area contributed by atoms with Gasteiger partial charge in [-0.2, -0.15) is 5.10 Å². The molecule has 3 N–H and O–H groups in total. The first-order valence-electron chi connectivity index (χ1n) is 7.14. The molecule has 2 rings (SSSR count). The van der Waals surface area contributed by atoms with Gasteiger partial charge in [-0.05, 0) is 36.1 Å². The van der Waals surface area contributed by atoms with E-state index >= 15 is 0 Å². The van der Waals surface area contributed by atoms with E-state index < -0.39 is 0 Å². The van der Waals surface area contributed by atoms with Crippen molar-refractivity contribution in [3.63, 3.8) is 0 Å². The fourth-order valence-corrected chi connectivity index (χ4v) is 1.81. The molecule has 7 heteroatoms. The van der Waals surface area contributed by atoms with Gasteiger partial charge in [0.05, 0.1) is 6.54 Å². The summed E-state index contributed by atoms with van der Waals surface area (Å²) in [6.45, 7) is 5.74. The predicted molar refractivity (Wildman–Crippen MR) is 99.6 cm³/mol. The average Bonchev–Trinajstić information content (AvgIpc) is 2.99. The van der Waals surface area contributed by atoms with Crippen LogP contribution in [0.15, 0.2) is 41.8 Å². The van der Waals surface area contributed by atoms with Gasteiger partial charge < -0.3 is 11.1 Å². The lowest BCUT2D eigenvalue weighted by molar-refractivity contribution is 0.576. The third-order valence-corrected chi connectivity index (χ3v) is 3.01. The number of aliphatic imine (C=N–C) groups is 1. The Morgan fingerprint density at radius 3 is 2.91 bits per heavy atom. The Morgan fingerprint density at radius 2 is 2.23 bits per heavy atom. The molecule has 2 aromatic rings. The molecule has 0 aliphatic heterocycles. The topological polar surface area (TPSA) is 81.1 Å². The minimum absolute atomic E-state index is 0. The van der Waals surface area contributed by atoms with Crippen LogP contribution in [-0.4, -0.2) is 27.3 Å². The molecule has 2 heterocycles. The smallest absolute Gasteiger partial charge is 0.188 e.